The second kappa shape index (κ2) is 6.26. The van der Waals surface area contributed by atoms with Crippen LogP contribution in [0.5, 0.6) is 0 Å². The molecule has 1 heterocycles. The quantitative estimate of drug-likeness (QED) is 0.643. The van der Waals surface area contributed by atoms with Crippen LogP contribution in [0, 0.1) is 6.54 Å². The average Bonchev–Trinajstić information content (AvgIpc) is 2.57. The molecule has 4 nitrogen and oxygen atoms in total. The van der Waals surface area contributed by atoms with Gasteiger partial charge in [-0.25, -0.2) is 15.0 Å². The summed E-state index contributed by atoms with van der Waals surface area (Å²) in [5, 5.41) is 0. The fourth-order valence-corrected chi connectivity index (χ4v) is 2.47. The molecule has 0 amide bonds. The van der Waals surface area contributed by atoms with E-state index in [1.165, 1.54) is 6.26 Å². The molecule has 0 fully saturated rings. The number of nitrogens with zero attached hydrogens (tertiary/aromatic N) is 2. The van der Waals surface area contributed by atoms with Crippen LogP contribution in [-0.4, -0.2) is 26.6 Å². The Labute approximate surface area is 157 Å². The number of hydrogen-bond acceptors (Lipinski definition) is 4. The van der Waals surface area contributed by atoms with Crippen molar-refractivity contribution in [2.75, 3.05) is 11.2 Å². The van der Waals surface area contributed by atoms with Crippen LogP contribution in [0.15, 0.2) is 34.2 Å². The normalized spacial score (nSPS) is 19.4. The molecule has 1 unspecified atom stereocenters. The summed E-state index contributed by atoms with van der Waals surface area (Å²) in [7, 11) is -3.13. The third-order valence-corrected chi connectivity index (χ3v) is 3.78. The third kappa shape index (κ3) is 3.73. The summed E-state index contributed by atoms with van der Waals surface area (Å²) in [4.78, 5) is 6.69. The minimum Gasteiger partial charge on any atom is -0.481 e. The maximum Gasteiger partial charge on any atom is 1.00 e. The summed E-state index contributed by atoms with van der Waals surface area (Å²) >= 11 is 0. The topological polar surface area (TPSA) is 49.7 Å². The number of benzene rings is 1. The van der Waals surface area contributed by atoms with Crippen molar-refractivity contribution >= 4 is 21.4 Å². The molecule has 0 aliphatic carbocycles. The van der Waals surface area contributed by atoms with Crippen molar-refractivity contribution in [3.8, 4) is 0 Å². The molecule has 1 atom stereocenters. The first kappa shape index (κ1) is 16.5. The van der Waals surface area contributed by atoms with Crippen molar-refractivity contribution in [2.45, 2.75) is 24.8 Å². The second-order valence-corrected chi connectivity index (χ2v) is 6.22. The minimum absolute atomic E-state index is 0. The SMILES string of the molecule is CC1=NC(C)[CH-]N1c1ccc(S(C)(=O)=O)cc1.[Rb+]. The first-order valence-corrected chi connectivity index (χ1v) is 7.26. The zero-order chi connectivity index (χ0) is 12.6. The molecule has 0 saturated carbocycles. The smallest absolute Gasteiger partial charge is 0.481 e. The van der Waals surface area contributed by atoms with E-state index in [0.717, 1.165) is 11.5 Å². The van der Waals surface area contributed by atoms with Crippen molar-refractivity contribution in [2.24, 2.45) is 4.99 Å². The molecule has 6 heteroatoms. The van der Waals surface area contributed by atoms with Crippen LogP contribution in [0.1, 0.15) is 13.8 Å². The molecular weight excluding hydrogens is 322 g/mol. The van der Waals surface area contributed by atoms with Crippen molar-refractivity contribution in [1.29, 1.82) is 0 Å². The van der Waals surface area contributed by atoms with Gasteiger partial charge in [-0.15, -0.1) is 0 Å². The Morgan fingerprint density at radius 3 is 2.22 bits per heavy atom. The fraction of sp³-hybridized carbons (Fsp3) is 0.333. The Morgan fingerprint density at radius 2 is 1.83 bits per heavy atom. The molecule has 0 N–H and O–H groups in total. The van der Waals surface area contributed by atoms with Gasteiger partial charge in [-0.05, 0) is 31.2 Å². The maximum atomic E-state index is 11.3. The molecule has 1 aliphatic heterocycles. The monoisotopic (exact) mass is 336 g/mol. The van der Waals surface area contributed by atoms with Crippen LogP contribution in [-0.2, 0) is 9.84 Å². The first-order chi connectivity index (χ1) is 7.88. The predicted molar refractivity (Wildman–Crippen MR) is 68.9 cm³/mol. The summed E-state index contributed by atoms with van der Waals surface area (Å²) in [6, 6.07) is 7.00. The number of amidine groups is 1. The van der Waals surface area contributed by atoms with Gasteiger partial charge in [0.15, 0.2) is 9.84 Å². The summed E-state index contributed by atoms with van der Waals surface area (Å²) in [6.07, 6.45) is 1.21. The minimum atomic E-state index is -3.13. The Hall–Kier alpha value is 0.445. The van der Waals surface area contributed by atoms with Crippen LogP contribution >= 0.6 is 0 Å². The Bertz CT molecular complexity index is 552. The van der Waals surface area contributed by atoms with E-state index in [1.807, 2.05) is 25.3 Å². The van der Waals surface area contributed by atoms with Gasteiger partial charge in [-0.1, -0.05) is 13.0 Å². The van der Waals surface area contributed by atoms with Crippen molar-refractivity contribution in [1.82, 2.24) is 0 Å². The summed E-state index contributed by atoms with van der Waals surface area (Å²) in [5.74, 6) is 0.921. The van der Waals surface area contributed by atoms with Gasteiger partial charge in [0.05, 0.1) is 10.7 Å². The molecule has 1 aromatic carbocycles. The third-order valence-electron chi connectivity index (χ3n) is 2.65. The van der Waals surface area contributed by atoms with Gasteiger partial charge in [0.25, 0.3) is 0 Å². The van der Waals surface area contributed by atoms with Crippen molar-refractivity contribution in [3.05, 3.63) is 30.8 Å². The summed E-state index contributed by atoms with van der Waals surface area (Å²) in [6.45, 7) is 5.95. The van der Waals surface area contributed by atoms with E-state index in [-0.39, 0.29) is 64.2 Å². The molecule has 92 valence electrons. The number of hydrogen-bond donors (Lipinski definition) is 0. The largest absolute Gasteiger partial charge is 1.00 e. The van der Waals surface area contributed by atoms with Crippen LogP contribution < -0.4 is 63.1 Å². The number of sulfone groups is 1. The van der Waals surface area contributed by atoms with E-state index in [0.29, 0.717) is 4.90 Å². The molecule has 18 heavy (non-hydrogen) atoms. The Balaban J connectivity index is 0.00000162. The number of anilines is 1. The molecule has 0 saturated heterocycles. The number of rotatable bonds is 2. The maximum absolute atomic E-state index is 11.3. The molecule has 1 aliphatic rings. The van der Waals surface area contributed by atoms with E-state index in [4.69, 9.17) is 0 Å². The predicted octanol–water partition coefficient (Wildman–Crippen LogP) is -1.12. The van der Waals surface area contributed by atoms with Crippen molar-refractivity contribution < 1.29 is 66.6 Å². The zero-order valence-corrected chi connectivity index (χ0v) is 16.8. The molecule has 0 radical (unpaired) electrons. The fourth-order valence-electron chi connectivity index (χ4n) is 1.84. The zero-order valence-electron chi connectivity index (χ0n) is 11.1. The number of aliphatic imine (C=N–C) groups is 1. The molecule has 0 spiro atoms. The van der Waals surface area contributed by atoms with Crippen LogP contribution in [0.4, 0.5) is 5.69 Å². The van der Waals surface area contributed by atoms with Gasteiger partial charge in [-0.2, -0.15) is 0 Å². The van der Waals surface area contributed by atoms with E-state index < -0.39 is 9.84 Å². The molecule has 0 aromatic heterocycles. The standard InChI is InChI=1S/C12H15N2O2S.Rb/c1-9-8-14(10(2)13-9)11-4-6-12(7-5-11)17(3,15)16;/h4-9H,1-3H3;/q-1;+1. The Kier molecular flexibility index (Phi) is 5.74. The van der Waals surface area contributed by atoms with Crippen molar-refractivity contribution in [3.63, 3.8) is 0 Å². The molecule has 1 aromatic rings. The van der Waals surface area contributed by atoms with Crippen LogP contribution in [0.25, 0.3) is 0 Å². The van der Waals surface area contributed by atoms with Gasteiger partial charge in [0.2, 0.25) is 0 Å². The first-order valence-electron chi connectivity index (χ1n) is 5.36. The molecule has 2 rings (SSSR count). The summed E-state index contributed by atoms with van der Waals surface area (Å²) in [5.41, 5.74) is 0.933. The van der Waals surface area contributed by atoms with E-state index in [9.17, 15) is 8.42 Å². The van der Waals surface area contributed by atoms with Gasteiger partial charge in [-0.3, -0.25) is 0 Å². The molecule has 0 bridgehead atoms. The van der Waals surface area contributed by atoms with E-state index in [1.54, 1.807) is 24.3 Å². The van der Waals surface area contributed by atoms with Crippen LogP contribution in [0.3, 0.4) is 0 Å². The van der Waals surface area contributed by atoms with Gasteiger partial charge < -0.3 is 9.89 Å². The molecular formula is C12H15N2O2RbS. The Morgan fingerprint density at radius 1 is 1.28 bits per heavy atom. The van der Waals surface area contributed by atoms with Gasteiger partial charge in [0, 0.05) is 11.9 Å². The summed E-state index contributed by atoms with van der Waals surface area (Å²) < 4.78 is 22.7. The van der Waals surface area contributed by atoms with Gasteiger partial charge >= 0.3 is 58.2 Å². The van der Waals surface area contributed by atoms with Crippen LogP contribution in [0.2, 0.25) is 0 Å². The van der Waals surface area contributed by atoms with E-state index >= 15 is 0 Å². The second-order valence-electron chi connectivity index (χ2n) is 4.20. The average molecular weight is 337 g/mol. The van der Waals surface area contributed by atoms with E-state index in [2.05, 4.69) is 4.99 Å². The van der Waals surface area contributed by atoms with Gasteiger partial charge in [0.1, 0.15) is 0 Å².